The van der Waals surface area contributed by atoms with Gasteiger partial charge in [0.15, 0.2) is 6.10 Å². The fourth-order valence-corrected chi connectivity index (χ4v) is 8.62. The largest absolute Gasteiger partial charge is 0.462 e. The van der Waals surface area contributed by atoms with E-state index in [0.717, 1.165) is 103 Å². The third-order valence-corrected chi connectivity index (χ3v) is 13.2. The normalized spacial score (nSPS) is 12.4. The highest BCUT2D eigenvalue weighted by Gasteiger charge is 2.19. The first kappa shape index (κ1) is 67.1. The zero-order chi connectivity index (χ0) is 50.7. The molecule has 0 aliphatic carbocycles. The van der Waals surface area contributed by atoms with Crippen LogP contribution in [0.25, 0.3) is 0 Å². The fourth-order valence-electron chi connectivity index (χ4n) is 8.62. The lowest BCUT2D eigenvalue weighted by Crippen LogP contribution is -2.30. The second kappa shape index (κ2) is 58.7. The van der Waals surface area contributed by atoms with Crippen LogP contribution < -0.4 is 0 Å². The smallest absolute Gasteiger partial charge is 0.306 e. The van der Waals surface area contributed by atoms with Gasteiger partial charge in [-0.1, -0.05) is 248 Å². The molecule has 0 aromatic heterocycles. The maximum absolute atomic E-state index is 12.8. The van der Waals surface area contributed by atoms with Gasteiger partial charge in [0.2, 0.25) is 0 Å². The van der Waals surface area contributed by atoms with Crippen LogP contribution in [0.1, 0.15) is 310 Å². The highest BCUT2D eigenvalue weighted by Crippen LogP contribution is 2.16. The van der Waals surface area contributed by atoms with Crippen LogP contribution in [0, 0.1) is 0 Å². The Morgan fingerprint density at radius 1 is 0.286 bits per heavy atom. The van der Waals surface area contributed by atoms with Crippen molar-refractivity contribution < 1.29 is 28.6 Å². The molecule has 0 heterocycles. The highest BCUT2D eigenvalue weighted by atomic mass is 16.6. The van der Waals surface area contributed by atoms with E-state index < -0.39 is 6.10 Å². The van der Waals surface area contributed by atoms with Crippen molar-refractivity contribution in [2.24, 2.45) is 0 Å². The Morgan fingerprint density at radius 3 is 0.857 bits per heavy atom. The number of carbonyl (C=O) groups excluding carboxylic acids is 3. The molecule has 1 unspecified atom stereocenters. The predicted molar refractivity (Wildman–Crippen MR) is 302 cm³/mol. The molecular weight excluding hydrogens is 865 g/mol. The Balaban J connectivity index is 4.26. The molecule has 1 atom stereocenters. The van der Waals surface area contributed by atoms with Gasteiger partial charge in [-0.25, -0.2) is 0 Å². The highest BCUT2D eigenvalue weighted by molar-refractivity contribution is 5.71. The van der Waals surface area contributed by atoms with Gasteiger partial charge >= 0.3 is 17.9 Å². The summed E-state index contributed by atoms with van der Waals surface area (Å²) in [6, 6.07) is 0. The molecule has 0 aromatic rings. The lowest BCUT2D eigenvalue weighted by Gasteiger charge is -2.18. The molecule has 0 saturated heterocycles. The van der Waals surface area contributed by atoms with Crippen LogP contribution in [-0.2, 0) is 28.6 Å². The molecule has 70 heavy (non-hydrogen) atoms. The van der Waals surface area contributed by atoms with Crippen LogP contribution in [-0.4, -0.2) is 37.2 Å². The molecule has 0 aromatic carbocycles. The first-order valence-electron chi connectivity index (χ1n) is 30.3. The second-order valence-electron chi connectivity index (χ2n) is 20.2. The number of unbranched alkanes of at least 4 members (excludes halogenated alkanes) is 34. The number of esters is 3. The number of ether oxygens (including phenoxy) is 3. The van der Waals surface area contributed by atoms with Gasteiger partial charge in [-0.15, -0.1) is 0 Å². The molecule has 0 bridgehead atoms. The lowest BCUT2D eigenvalue weighted by atomic mass is 10.0. The summed E-state index contributed by atoms with van der Waals surface area (Å²) in [6.07, 6.45) is 73.6. The second-order valence-corrected chi connectivity index (χ2v) is 20.2. The quantitative estimate of drug-likeness (QED) is 0.0261. The minimum Gasteiger partial charge on any atom is -0.462 e. The summed E-state index contributed by atoms with van der Waals surface area (Å²) in [4.78, 5) is 38.2. The molecule has 406 valence electrons. The Labute approximate surface area is 434 Å². The summed E-state index contributed by atoms with van der Waals surface area (Å²) in [5.74, 6) is -0.894. The van der Waals surface area contributed by atoms with E-state index in [0.29, 0.717) is 19.3 Å². The van der Waals surface area contributed by atoms with Gasteiger partial charge in [-0.05, 0) is 103 Å². The van der Waals surface area contributed by atoms with Crippen LogP contribution >= 0.6 is 0 Å². The molecule has 6 heteroatoms. The Morgan fingerprint density at radius 2 is 0.543 bits per heavy atom. The topological polar surface area (TPSA) is 78.9 Å². The van der Waals surface area contributed by atoms with Crippen molar-refractivity contribution in [3.63, 3.8) is 0 Å². The lowest BCUT2D eigenvalue weighted by molar-refractivity contribution is -0.167. The molecule has 6 nitrogen and oxygen atoms in total. The minimum atomic E-state index is -0.784. The van der Waals surface area contributed by atoms with Gasteiger partial charge in [0.1, 0.15) is 13.2 Å². The number of rotatable bonds is 55. The number of carbonyl (C=O) groups is 3. The standard InChI is InChI=1S/C64H114O6/c1-4-7-10-13-16-19-22-25-27-28-29-30-31-32-33-34-35-36-37-40-42-45-48-51-54-57-63(66)69-60-61(59-68-62(65)56-53-50-47-44-41-38-24-21-18-15-12-9-6-3)70-64(67)58-55-52-49-46-43-39-26-23-20-17-14-11-8-5-2/h12,15,21-26,28-29,61H,4-11,13-14,16-20,27,30-60H2,1-3H3/b15-12-,24-21-,25-22-,26-23-,29-28-. The molecule has 0 rings (SSSR count). The molecule has 0 saturated carbocycles. The van der Waals surface area contributed by atoms with E-state index in [1.54, 1.807) is 0 Å². The maximum atomic E-state index is 12.8. The van der Waals surface area contributed by atoms with Gasteiger partial charge in [0, 0.05) is 19.3 Å². The SMILES string of the molecule is CCC/C=C\C/C=C\CCCCCCCC(=O)OCC(COC(=O)CCCCCCCCCCCCCCC/C=C\C/C=C\CCCCCCC)OC(=O)CCCCCCC/C=C\CCCCCCC. The van der Waals surface area contributed by atoms with Crippen LogP contribution in [0.3, 0.4) is 0 Å². The predicted octanol–water partition coefficient (Wildman–Crippen LogP) is 20.4. The van der Waals surface area contributed by atoms with E-state index in [4.69, 9.17) is 14.2 Å². The average Bonchev–Trinajstić information content (AvgIpc) is 3.36. The maximum Gasteiger partial charge on any atom is 0.306 e. The van der Waals surface area contributed by atoms with Gasteiger partial charge in [0.25, 0.3) is 0 Å². The summed E-state index contributed by atoms with van der Waals surface area (Å²) in [5, 5.41) is 0. The van der Waals surface area contributed by atoms with Gasteiger partial charge in [-0.3, -0.25) is 14.4 Å². The van der Waals surface area contributed by atoms with Crippen molar-refractivity contribution in [2.45, 2.75) is 316 Å². The van der Waals surface area contributed by atoms with Gasteiger partial charge in [0.05, 0.1) is 0 Å². The van der Waals surface area contributed by atoms with Crippen molar-refractivity contribution in [2.75, 3.05) is 13.2 Å². The van der Waals surface area contributed by atoms with Crippen LogP contribution in [0.15, 0.2) is 60.8 Å². The van der Waals surface area contributed by atoms with Gasteiger partial charge in [-0.2, -0.15) is 0 Å². The summed E-state index contributed by atoms with van der Waals surface area (Å²) in [5.41, 5.74) is 0. The number of hydrogen-bond acceptors (Lipinski definition) is 6. The number of hydrogen-bond donors (Lipinski definition) is 0. The summed E-state index contributed by atoms with van der Waals surface area (Å²) < 4.78 is 16.9. The Hall–Kier alpha value is -2.89. The minimum absolute atomic E-state index is 0.0810. The Bertz CT molecular complexity index is 1260. The summed E-state index contributed by atoms with van der Waals surface area (Å²) in [7, 11) is 0. The zero-order valence-electron chi connectivity index (χ0n) is 46.5. The molecular formula is C64H114O6. The molecule has 0 amide bonds. The van der Waals surface area contributed by atoms with Crippen molar-refractivity contribution >= 4 is 17.9 Å². The van der Waals surface area contributed by atoms with Gasteiger partial charge < -0.3 is 14.2 Å². The third kappa shape index (κ3) is 56.0. The first-order chi connectivity index (χ1) is 34.5. The Kier molecular flexibility index (Phi) is 56.3. The van der Waals surface area contributed by atoms with E-state index >= 15 is 0 Å². The van der Waals surface area contributed by atoms with Crippen LogP contribution in [0.2, 0.25) is 0 Å². The average molecular weight is 980 g/mol. The van der Waals surface area contributed by atoms with E-state index in [1.165, 1.54) is 167 Å². The first-order valence-corrected chi connectivity index (χ1v) is 30.3. The molecule has 0 fully saturated rings. The van der Waals surface area contributed by atoms with Crippen LogP contribution in [0.5, 0.6) is 0 Å². The molecule has 0 aliphatic rings. The third-order valence-electron chi connectivity index (χ3n) is 13.2. The summed E-state index contributed by atoms with van der Waals surface area (Å²) >= 11 is 0. The van der Waals surface area contributed by atoms with Crippen LogP contribution in [0.4, 0.5) is 0 Å². The van der Waals surface area contributed by atoms with Crippen molar-refractivity contribution in [1.82, 2.24) is 0 Å². The number of allylic oxidation sites excluding steroid dienone is 10. The van der Waals surface area contributed by atoms with E-state index in [1.807, 2.05) is 0 Å². The molecule has 0 spiro atoms. The zero-order valence-corrected chi connectivity index (χ0v) is 46.5. The van der Waals surface area contributed by atoms with E-state index in [9.17, 15) is 14.4 Å². The molecule has 0 N–H and O–H groups in total. The van der Waals surface area contributed by atoms with E-state index in [2.05, 4.69) is 81.5 Å². The van der Waals surface area contributed by atoms with E-state index in [-0.39, 0.29) is 31.1 Å². The van der Waals surface area contributed by atoms with Crippen molar-refractivity contribution in [1.29, 1.82) is 0 Å². The molecule has 0 aliphatic heterocycles. The molecule has 0 radical (unpaired) electrons. The van der Waals surface area contributed by atoms with Crippen molar-refractivity contribution in [3.8, 4) is 0 Å². The van der Waals surface area contributed by atoms with Crippen molar-refractivity contribution in [3.05, 3.63) is 60.8 Å². The summed E-state index contributed by atoms with van der Waals surface area (Å²) in [6.45, 7) is 6.56. The fraction of sp³-hybridized carbons (Fsp3) is 0.797. The monoisotopic (exact) mass is 979 g/mol.